The minimum atomic E-state index is -4.26. The van der Waals surface area contributed by atoms with Gasteiger partial charge in [-0.1, -0.05) is 48.6 Å². The molecule has 0 aliphatic heterocycles. The summed E-state index contributed by atoms with van der Waals surface area (Å²) in [7, 11) is -2.36. The van der Waals surface area contributed by atoms with Gasteiger partial charge in [0.1, 0.15) is 0 Å². The highest BCUT2D eigenvalue weighted by atomic mass is 32.2. The number of allylic oxidation sites excluding steroid dienone is 5. The van der Waals surface area contributed by atoms with Crippen molar-refractivity contribution < 1.29 is 23.0 Å². The zero-order valence-electron chi connectivity index (χ0n) is 20.6. The van der Waals surface area contributed by atoms with Gasteiger partial charge in [0.2, 0.25) is 0 Å². The highest BCUT2D eigenvalue weighted by molar-refractivity contribution is 7.85. The van der Waals surface area contributed by atoms with E-state index < -0.39 is 10.1 Å². The Labute approximate surface area is 217 Å². The quantitative estimate of drug-likeness (QED) is 0.310. The molecule has 3 aromatic carbocycles. The molecule has 0 spiro atoms. The van der Waals surface area contributed by atoms with Crippen molar-refractivity contribution in [2.45, 2.75) is 18.4 Å². The third-order valence-electron chi connectivity index (χ3n) is 6.11. The molecule has 3 aromatic rings. The maximum absolute atomic E-state index is 11.7. The average Bonchev–Trinajstić information content (AvgIpc) is 2.90. The maximum atomic E-state index is 11.7. The molecule has 7 nitrogen and oxygen atoms in total. The molecule has 0 aromatic heterocycles. The van der Waals surface area contributed by atoms with E-state index in [0.29, 0.717) is 18.8 Å². The molecular weight excluding hydrogens is 488 g/mol. The zero-order valence-corrected chi connectivity index (χ0v) is 21.4. The van der Waals surface area contributed by atoms with Crippen molar-refractivity contribution in [1.82, 2.24) is 0 Å². The van der Waals surface area contributed by atoms with Crippen LogP contribution in [0.3, 0.4) is 0 Å². The van der Waals surface area contributed by atoms with E-state index in [1.165, 1.54) is 17.2 Å². The van der Waals surface area contributed by atoms with Crippen molar-refractivity contribution in [2.24, 2.45) is 0 Å². The van der Waals surface area contributed by atoms with Gasteiger partial charge in [0.05, 0.1) is 10.6 Å². The number of carbonyl (C=O) groups excluding carboxylic acids is 1. The Hall–Kier alpha value is -3.98. The lowest BCUT2D eigenvalue weighted by Gasteiger charge is -2.21. The van der Waals surface area contributed by atoms with Crippen LogP contribution in [0.2, 0.25) is 0 Å². The predicted octanol–water partition coefficient (Wildman–Crippen LogP) is 5.28. The number of hydrogen-bond acceptors (Lipinski definition) is 6. The second-order valence-corrected chi connectivity index (χ2v) is 10.1. The van der Waals surface area contributed by atoms with E-state index in [1.54, 1.807) is 36.4 Å². The van der Waals surface area contributed by atoms with Gasteiger partial charge in [0.25, 0.3) is 10.1 Å². The third-order valence-corrected chi connectivity index (χ3v) is 6.96. The normalized spacial score (nSPS) is 13.1. The molecule has 0 radical (unpaired) electrons. The number of hydrogen-bond donors (Lipinski definition) is 2. The summed E-state index contributed by atoms with van der Waals surface area (Å²) in [5.41, 5.74) is 6.09. The van der Waals surface area contributed by atoms with Crippen LogP contribution in [0.25, 0.3) is 5.57 Å². The molecule has 0 atom stereocenters. The van der Waals surface area contributed by atoms with Gasteiger partial charge in [0, 0.05) is 25.8 Å². The number of benzene rings is 3. The number of carbonyl (C=O) groups is 1. The summed E-state index contributed by atoms with van der Waals surface area (Å²) in [5, 5.41) is 11.2. The van der Waals surface area contributed by atoms with Gasteiger partial charge < -0.3 is 4.90 Å². The second-order valence-electron chi connectivity index (χ2n) is 8.69. The van der Waals surface area contributed by atoms with Crippen LogP contribution in [0, 0.1) is 0 Å². The third kappa shape index (κ3) is 6.24. The Balaban J connectivity index is 1.64. The van der Waals surface area contributed by atoms with Gasteiger partial charge in [-0.2, -0.15) is 8.42 Å². The molecule has 0 unspecified atom stereocenters. The molecule has 37 heavy (non-hydrogen) atoms. The van der Waals surface area contributed by atoms with Crippen molar-refractivity contribution in [3.8, 4) is 0 Å². The van der Waals surface area contributed by atoms with Gasteiger partial charge in [-0.25, -0.2) is 0 Å². The van der Waals surface area contributed by atoms with Crippen LogP contribution < -0.4 is 9.96 Å². The zero-order chi connectivity index (χ0) is 26.6. The van der Waals surface area contributed by atoms with E-state index >= 15 is 0 Å². The highest BCUT2D eigenvalue weighted by Crippen LogP contribution is 2.32. The standard InChI is InChI=1S/C29H28N2O5S/c1-3-31(33)26-15-9-23(10-16-26)29(24-11-17-27(32)18-12-24)22-7-13-25(14-8-22)30(2)20-21-5-4-6-28(19-21)37(34,35)36/h4-19,33H,3,20H2,1-2H3,(H,34,35,36). The summed E-state index contributed by atoms with van der Waals surface area (Å²) in [6.45, 7) is 2.77. The van der Waals surface area contributed by atoms with Crippen molar-refractivity contribution in [3.63, 3.8) is 0 Å². The topological polar surface area (TPSA) is 98.2 Å². The molecule has 190 valence electrons. The molecule has 0 heterocycles. The largest absolute Gasteiger partial charge is 0.370 e. The van der Waals surface area contributed by atoms with E-state index in [9.17, 15) is 23.0 Å². The van der Waals surface area contributed by atoms with Crippen LogP contribution in [-0.2, 0) is 21.5 Å². The first-order valence-electron chi connectivity index (χ1n) is 11.7. The van der Waals surface area contributed by atoms with Crippen LogP contribution >= 0.6 is 0 Å². The lowest BCUT2D eigenvalue weighted by molar-refractivity contribution is -0.110. The molecule has 4 rings (SSSR count). The Morgan fingerprint density at radius 2 is 1.41 bits per heavy atom. The fraction of sp³-hybridized carbons (Fsp3) is 0.138. The highest BCUT2D eigenvalue weighted by Gasteiger charge is 2.14. The number of nitrogens with zero attached hydrogens (tertiary/aromatic N) is 2. The summed E-state index contributed by atoms with van der Waals surface area (Å²) in [5.74, 6) is -0.0626. The fourth-order valence-corrected chi connectivity index (χ4v) is 4.71. The molecule has 1 aliphatic carbocycles. The Morgan fingerprint density at radius 3 is 1.95 bits per heavy atom. The number of rotatable bonds is 8. The molecule has 0 amide bonds. The van der Waals surface area contributed by atoms with Gasteiger partial charge in [-0.3, -0.25) is 19.6 Å². The van der Waals surface area contributed by atoms with E-state index in [1.807, 2.05) is 67.4 Å². The number of hydroxylamine groups is 1. The Morgan fingerprint density at radius 1 is 0.838 bits per heavy atom. The average molecular weight is 517 g/mol. The van der Waals surface area contributed by atoms with Crippen LogP contribution in [0.5, 0.6) is 0 Å². The predicted molar refractivity (Wildman–Crippen MR) is 145 cm³/mol. The van der Waals surface area contributed by atoms with E-state index in [-0.39, 0.29) is 10.7 Å². The van der Waals surface area contributed by atoms with Crippen LogP contribution in [0.15, 0.2) is 108 Å². The summed E-state index contributed by atoms with van der Waals surface area (Å²) in [4.78, 5) is 13.6. The fourth-order valence-electron chi connectivity index (χ4n) is 4.16. The van der Waals surface area contributed by atoms with Crippen LogP contribution in [0.4, 0.5) is 11.4 Å². The van der Waals surface area contributed by atoms with E-state index in [0.717, 1.165) is 33.5 Å². The summed E-state index contributed by atoms with van der Waals surface area (Å²) >= 11 is 0. The van der Waals surface area contributed by atoms with Crippen LogP contribution in [0.1, 0.15) is 23.6 Å². The van der Waals surface area contributed by atoms with Crippen molar-refractivity contribution >= 4 is 32.8 Å². The van der Waals surface area contributed by atoms with Crippen molar-refractivity contribution in [3.05, 3.63) is 119 Å². The second kappa shape index (κ2) is 11.0. The lowest BCUT2D eigenvalue weighted by Crippen LogP contribution is -2.16. The monoisotopic (exact) mass is 516 g/mol. The summed E-state index contributed by atoms with van der Waals surface area (Å²) < 4.78 is 32.3. The molecule has 0 saturated carbocycles. The minimum absolute atomic E-state index is 0.0626. The lowest BCUT2D eigenvalue weighted by atomic mass is 9.90. The van der Waals surface area contributed by atoms with Crippen molar-refractivity contribution in [1.29, 1.82) is 0 Å². The van der Waals surface area contributed by atoms with Crippen LogP contribution in [-0.4, -0.2) is 37.6 Å². The Kier molecular flexibility index (Phi) is 7.73. The van der Waals surface area contributed by atoms with Gasteiger partial charge >= 0.3 is 0 Å². The first-order chi connectivity index (χ1) is 17.7. The smallest absolute Gasteiger partial charge is 0.294 e. The first kappa shape index (κ1) is 26.1. The first-order valence-corrected chi connectivity index (χ1v) is 13.2. The molecular formula is C29H28N2O5S. The molecule has 8 heteroatoms. The molecule has 1 aliphatic rings. The number of ketones is 1. The SMILES string of the molecule is CCN(O)c1ccc(C(=C2C=CC(=O)C=C2)c2ccc(N(C)Cc3cccc(S(=O)(=O)O)c3)cc2)cc1. The Bertz CT molecular complexity index is 1470. The van der Waals surface area contributed by atoms with Gasteiger partial charge in [-0.05, 0) is 83.3 Å². The summed E-state index contributed by atoms with van der Waals surface area (Å²) in [6.07, 6.45) is 6.69. The molecule has 0 fully saturated rings. The minimum Gasteiger partial charge on any atom is -0.370 e. The van der Waals surface area contributed by atoms with Gasteiger partial charge in [0.15, 0.2) is 5.78 Å². The van der Waals surface area contributed by atoms with Gasteiger partial charge in [-0.15, -0.1) is 0 Å². The van der Waals surface area contributed by atoms with E-state index in [4.69, 9.17) is 0 Å². The maximum Gasteiger partial charge on any atom is 0.294 e. The van der Waals surface area contributed by atoms with E-state index in [2.05, 4.69) is 0 Å². The molecule has 0 saturated heterocycles. The molecule has 2 N–H and O–H groups in total. The molecule has 0 bridgehead atoms. The number of anilines is 2. The summed E-state index contributed by atoms with van der Waals surface area (Å²) in [6, 6.07) is 21.8. The van der Waals surface area contributed by atoms with Crippen molar-refractivity contribution in [2.75, 3.05) is 23.6 Å².